The average Bonchev–Trinajstić information content (AvgIpc) is 2.73. The van der Waals surface area contributed by atoms with Crippen LogP contribution in [0.5, 0.6) is 5.75 Å². The van der Waals surface area contributed by atoms with E-state index in [2.05, 4.69) is 32.8 Å². The predicted octanol–water partition coefficient (Wildman–Crippen LogP) is 4.94. The molecular weight excluding hydrogens is 446 g/mol. The monoisotopic (exact) mass is 465 g/mol. The van der Waals surface area contributed by atoms with Crippen LogP contribution in [0.2, 0.25) is 0 Å². The summed E-state index contributed by atoms with van der Waals surface area (Å²) < 4.78 is 5.22. The number of ketones is 1. The minimum Gasteiger partial charge on any atom is -0.504 e. The van der Waals surface area contributed by atoms with Gasteiger partial charge in [0.25, 0.3) is 0 Å². The molecule has 2 aromatic carbocycles. The third-order valence-corrected chi connectivity index (χ3v) is 5.20. The number of carbonyl (C=O) groups is 2. The molecule has 0 atom stereocenters. The molecule has 0 aliphatic rings. The molecule has 0 fully saturated rings. The molecule has 0 aliphatic heterocycles. The number of pyridine rings is 1. The van der Waals surface area contributed by atoms with E-state index < -0.39 is 11.8 Å². The third-order valence-electron chi connectivity index (χ3n) is 4.39. The van der Waals surface area contributed by atoms with E-state index in [4.69, 9.17) is 4.74 Å². The zero-order valence-corrected chi connectivity index (χ0v) is 18.2. The number of halogens is 1. The fourth-order valence-corrected chi connectivity index (χ4v) is 3.44. The molecule has 0 aliphatic carbocycles. The van der Waals surface area contributed by atoms with Crippen molar-refractivity contribution in [3.63, 3.8) is 0 Å². The van der Waals surface area contributed by atoms with Crippen LogP contribution in [0.4, 0.5) is 0 Å². The number of hydrogen-bond donors (Lipinski definition) is 1. The molecule has 0 saturated carbocycles. The molecular formula is C24H20BrNO4. The van der Waals surface area contributed by atoms with Crippen LogP contribution < -0.4 is 0 Å². The summed E-state index contributed by atoms with van der Waals surface area (Å²) in [5, 5.41) is 11.1. The minimum atomic E-state index is -0.459. The van der Waals surface area contributed by atoms with Crippen LogP contribution in [-0.2, 0) is 9.53 Å². The van der Waals surface area contributed by atoms with Crippen LogP contribution >= 0.6 is 15.9 Å². The van der Waals surface area contributed by atoms with Gasteiger partial charge in [-0.3, -0.25) is 9.59 Å². The van der Waals surface area contributed by atoms with Crippen molar-refractivity contribution in [1.29, 1.82) is 0 Å². The molecule has 0 spiro atoms. The Kier molecular flexibility index (Phi) is 6.86. The van der Waals surface area contributed by atoms with Gasteiger partial charge in [-0.25, -0.2) is 4.98 Å². The van der Waals surface area contributed by atoms with Crippen molar-refractivity contribution in [3.05, 3.63) is 69.3 Å². The Morgan fingerprint density at radius 2 is 1.83 bits per heavy atom. The number of esters is 1. The summed E-state index contributed by atoms with van der Waals surface area (Å²) in [6.07, 6.45) is -0.157. The molecule has 0 saturated heterocycles. The second-order valence-corrected chi connectivity index (χ2v) is 7.50. The summed E-state index contributed by atoms with van der Waals surface area (Å²) in [5.74, 6) is 5.09. The first-order chi connectivity index (χ1) is 14.4. The van der Waals surface area contributed by atoms with E-state index in [9.17, 15) is 14.7 Å². The maximum atomic E-state index is 12.5. The van der Waals surface area contributed by atoms with E-state index in [1.165, 1.54) is 0 Å². The first-order valence-electron chi connectivity index (χ1n) is 9.48. The SMILES string of the molecule is CCOC(=O)CCC(=O)c1nc2cc(C#Cc3cccc(C)c3)ccc2c(Br)c1O. The second-order valence-electron chi connectivity index (χ2n) is 6.70. The molecule has 0 bridgehead atoms. The van der Waals surface area contributed by atoms with Gasteiger partial charge in [0, 0.05) is 22.9 Å². The van der Waals surface area contributed by atoms with Gasteiger partial charge in [0.2, 0.25) is 0 Å². The van der Waals surface area contributed by atoms with E-state index in [-0.39, 0.29) is 30.9 Å². The maximum absolute atomic E-state index is 12.5. The lowest BCUT2D eigenvalue weighted by Gasteiger charge is -2.09. The fourth-order valence-electron chi connectivity index (χ4n) is 2.92. The summed E-state index contributed by atoms with van der Waals surface area (Å²) in [6, 6.07) is 13.3. The Balaban J connectivity index is 1.92. The van der Waals surface area contributed by atoms with Crippen molar-refractivity contribution in [1.82, 2.24) is 4.98 Å². The Labute approximate surface area is 183 Å². The Morgan fingerprint density at radius 3 is 2.53 bits per heavy atom. The normalized spacial score (nSPS) is 10.4. The first-order valence-corrected chi connectivity index (χ1v) is 10.3. The smallest absolute Gasteiger partial charge is 0.306 e. The van der Waals surface area contributed by atoms with Crippen molar-refractivity contribution in [3.8, 4) is 17.6 Å². The molecule has 30 heavy (non-hydrogen) atoms. The van der Waals surface area contributed by atoms with Crippen LogP contribution in [0.25, 0.3) is 10.9 Å². The molecule has 3 rings (SSSR count). The van der Waals surface area contributed by atoms with E-state index in [1.807, 2.05) is 37.3 Å². The van der Waals surface area contributed by atoms with E-state index in [0.29, 0.717) is 15.4 Å². The summed E-state index contributed by atoms with van der Waals surface area (Å²) in [6.45, 7) is 3.97. The number of aromatic nitrogens is 1. The van der Waals surface area contributed by atoms with Crippen molar-refractivity contribution in [2.24, 2.45) is 0 Å². The Bertz CT molecular complexity index is 1190. The van der Waals surface area contributed by atoms with Gasteiger partial charge in [-0.1, -0.05) is 30.0 Å². The van der Waals surface area contributed by atoms with Gasteiger partial charge in [-0.2, -0.15) is 0 Å². The Morgan fingerprint density at radius 1 is 1.10 bits per heavy atom. The van der Waals surface area contributed by atoms with Crippen molar-refractivity contribution in [2.75, 3.05) is 6.61 Å². The lowest BCUT2D eigenvalue weighted by atomic mass is 10.1. The van der Waals surface area contributed by atoms with Crippen molar-refractivity contribution < 1.29 is 19.4 Å². The van der Waals surface area contributed by atoms with Gasteiger partial charge in [-0.15, -0.1) is 0 Å². The fraction of sp³-hybridized carbons (Fsp3) is 0.208. The van der Waals surface area contributed by atoms with E-state index in [1.54, 1.807) is 19.1 Å². The predicted molar refractivity (Wildman–Crippen MR) is 118 cm³/mol. The first kappa shape index (κ1) is 21.5. The lowest BCUT2D eigenvalue weighted by molar-refractivity contribution is -0.143. The number of aryl methyl sites for hydroxylation is 1. The minimum absolute atomic E-state index is 0.0640. The zero-order valence-electron chi connectivity index (χ0n) is 16.7. The van der Waals surface area contributed by atoms with Gasteiger partial charge in [-0.05, 0) is 59.6 Å². The molecule has 1 heterocycles. The highest BCUT2D eigenvalue weighted by molar-refractivity contribution is 9.10. The molecule has 6 heteroatoms. The maximum Gasteiger partial charge on any atom is 0.306 e. The van der Waals surface area contributed by atoms with Gasteiger partial charge in [0.15, 0.2) is 11.5 Å². The number of hydrogen-bond acceptors (Lipinski definition) is 5. The summed E-state index contributed by atoms with van der Waals surface area (Å²) in [5.41, 5.74) is 3.22. The largest absolute Gasteiger partial charge is 0.504 e. The highest BCUT2D eigenvalue weighted by Crippen LogP contribution is 2.34. The van der Waals surface area contributed by atoms with Crippen LogP contribution in [0.1, 0.15) is 46.9 Å². The van der Waals surface area contributed by atoms with Crippen molar-refractivity contribution in [2.45, 2.75) is 26.7 Å². The number of rotatable bonds is 5. The van der Waals surface area contributed by atoms with Gasteiger partial charge in [0.1, 0.15) is 5.69 Å². The highest BCUT2D eigenvalue weighted by Gasteiger charge is 2.20. The molecule has 0 radical (unpaired) electrons. The van der Waals surface area contributed by atoms with Gasteiger partial charge >= 0.3 is 5.97 Å². The summed E-state index contributed by atoms with van der Waals surface area (Å²) >= 11 is 3.34. The van der Waals surface area contributed by atoms with E-state index >= 15 is 0 Å². The molecule has 5 nitrogen and oxygen atoms in total. The lowest BCUT2D eigenvalue weighted by Crippen LogP contribution is -2.09. The zero-order chi connectivity index (χ0) is 21.7. The highest BCUT2D eigenvalue weighted by atomic mass is 79.9. The molecule has 3 aromatic rings. The second kappa shape index (κ2) is 9.55. The summed E-state index contributed by atoms with van der Waals surface area (Å²) in [4.78, 5) is 28.4. The molecule has 0 unspecified atom stereocenters. The molecule has 152 valence electrons. The number of benzene rings is 2. The number of ether oxygens (including phenoxy) is 1. The third kappa shape index (κ3) is 5.05. The van der Waals surface area contributed by atoms with Crippen LogP contribution in [0, 0.1) is 18.8 Å². The number of fused-ring (bicyclic) bond motifs is 1. The van der Waals surface area contributed by atoms with Crippen molar-refractivity contribution >= 4 is 38.6 Å². The van der Waals surface area contributed by atoms with Crippen LogP contribution in [0.3, 0.4) is 0 Å². The van der Waals surface area contributed by atoms with Gasteiger partial charge in [0.05, 0.1) is 23.0 Å². The number of aromatic hydroxyl groups is 1. The van der Waals surface area contributed by atoms with Crippen LogP contribution in [-0.4, -0.2) is 28.4 Å². The summed E-state index contributed by atoms with van der Waals surface area (Å²) in [7, 11) is 0. The number of nitrogens with zero attached hydrogens (tertiary/aromatic N) is 1. The molecule has 1 N–H and O–H groups in total. The van der Waals surface area contributed by atoms with E-state index in [0.717, 1.165) is 16.7 Å². The molecule has 1 aromatic heterocycles. The quantitative estimate of drug-likeness (QED) is 0.328. The number of carbonyl (C=O) groups excluding carboxylic acids is 2. The molecule has 0 amide bonds. The topological polar surface area (TPSA) is 76.5 Å². The standard InChI is InChI=1S/C24H20BrNO4/c1-3-30-21(28)12-11-20(27)23-24(29)22(25)18-10-9-17(14-19(18)26-23)8-7-16-6-4-5-15(2)13-16/h4-6,9-10,13-14,29H,3,11-12H2,1-2H3. The van der Waals surface area contributed by atoms with Gasteiger partial charge < -0.3 is 9.84 Å². The van der Waals surface area contributed by atoms with Crippen LogP contribution in [0.15, 0.2) is 46.9 Å². The Hall–Kier alpha value is -3.17. The number of Topliss-reactive ketones (excluding diaryl/α,β-unsaturated/α-hetero) is 1. The average molecular weight is 466 g/mol.